The predicted octanol–water partition coefficient (Wildman–Crippen LogP) is 3.51. The van der Waals surface area contributed by atoms with Crippen molar-refractivity contribution in [3.05, 3.63) is 94.0 Å². The van der Waals surface area contributed by atoms with E-state index in [1.54, 1.807) is 18.2 Å². The summed E-state index contributed by atoms with van der Waals surface area (Å²) in [6.07, 6.45) is 1.46. The van der Waals surface area contributed by atoms with Crippen LogP contribution in [-0.2, 0) is 24.9 Å². The standard InChI is InChI=1S/C26H28N4O8S2/c1-18(2)15-25(29-39(34,35)23-11-7-19(3)8-12-23)26(31)28-27-17-20-5-4-6-22(16-20)38-40(36,37)24-13-9-21(10-14-24)30(32)33/h4-14,16-18,25,29H,15H2,1-3H3,(H,28,31)/b27-17-/t25-/m0/s1. The number of rotatable bonds is 12. The second kappa shape index (κ2) is 12.8. The van der Waals surface area contributed by atoms with Gasteiger partial charge in [-0.2, -0.15) is 18.2 Å². The molecular formula is C26H28N4O8S2. The molecule has 12 nitrogen and oxygen atoms in total. The van der Waals surface area contributed by atoms with Gasteiger partial charge in [0.2, 0.25) is 10.0 Å². The number of sulfonamides is 1. The van der Waals surface area contributed by atoms with Gasteiger partial charge in [0.25, 0.3) is 11.6 Å². The van der Waals surface area contributed by atoms with E-state index in [4.69, 9.17) is 4.18 Å². The summed E-state index contributed by atoms with van der Waals surface area (Å²) in [6.45, 7) is 5.52. The van der Waals surface area contributed by atoms with E-state index < -0.39 is 37.0 Å². The summed E-state index contributed by atoms with van der Waals surface area (Å²) >= 11 is 0. The van der Waals surface area contributed by atoms with Crippen molar-refractivity contribution in [1.29, 1.82) is 0 Å². The lowest BCUT2D eigenvalue weighted by molar-refractivity contribution is -0.384. The van der Waals surface area contributed by atoms with Crippen molar-refractivity contribution < 1.29 is 30.7 Å². The number of benzene rings is 3. The highest BCUT2D eigenvalue weighted by atomic mass is 32.2. The first-order chi connectivity index (χ1) is 18.8. The lowest BCUT2D eigenvalue weighted by Gasteiger charge is -2.19. The Balaban J connectivity index is 1.69. The summed E-state index contributed by atoms with van der Waals surface area (Å²) in [4.78, 5) is 22.7. The Morgan fingerprint density at radius 1 is 1.00 bits per heavy atom. The third-order valence-corrected chi connectivity index (χ3v) is 8.19. The van der Waals surface area contributed by atoms with Gasteiger partial charge in [0.15, 0.2) is 0 Å². The number of nitrogens with zero attached hydrogens (tertiary/aromatic N) is 2. The van der Waals surface area contributed by atoms with Crippen LogP contribution < -0.4 is 14.3 Å². The average molecular weight is 589 g/mol. The lowest BCUT2D eigenvalue weighted by atomic mass is 10.0. The summed E-state index contributed by atoms with van der Waals surface area (Å²) in [5, 5.41) is 14.7. The molecule has 0 aromatic heterocycles. The van der Waals surface area contributed by atoms with Crippen LogP contribution in [0.4, 0.5) is 5.69 Å². The largest absolute Gasteiger partial charge is 0.379 e. The number of nitro groups is 1. The second-order valence-corrected chi connectivity index (χ2v) is 12.5. The number of amides is 1. The third kappa shape index (κ3) is 8.43. The van der Waals surface area contributed by atoms with E-state index in [2.05, 4.69) is 15.2 Å². The maximum atomic E-state index is 12.8. The molecule has 212 valence electrons. The first kappa shape index (κ1) is 30.4. The molecule has 1 amide bonds. The van der Waals surface area contributed by atoms with Gasteiger partial charge in [-0.3, -0.25) is 14.9 Å². The fraction of sp³-hybridized carbons (Fsp3) is 0.231. The van der Waals surface area contributed by atoms with Gasteiger partial charge in [-0.25, -0.2) is 13.8 Å². The summed E-state index contributed by atoms with van der Waals surface area (Å²) < 4.78 is 58.3. The van der Waals surface area contributed by atoms with E-state index in [1.165, 1.54) is 36.5 Å². The zero-order valence-corrected chi connectivity index (χ0v) is 23.5. The first-order valence-electron chi connectivity index (χ1n) is 12.0. The molecule has 3 aromatic rings. The molecule has 0 aliphatic heterocycles. The fourth-order valence-corrected chi connectivity index (χ4v) is 5.59. The topological polar surface area (TPSA) is 174 Å². The van der Waals surface area contributed by atoms with Gasteiger partial charge in [-0.1, -0.05) is 43.7 Å². The van der Waals surface area contributed by atoms with Gasteiger partial charge in [-0.05, 0) is 61.2 Å². The number of hydrazone groups is 1. The molecule has 0 radical (unpaired) electrons. The molecule has 3 rings (SSSR count). The van der Waals surface area contributed by atoms with Crippen molar-refractivity contribution in [1.82, 2.24) is 10.1 Å². The van der Waals surface area contributed by atoms with E-state index in [1.807, 2.05) is 20.8 Å². The van der Waals surface area contributed by atoms with Gasteiger partial charge in [0.1, 0.15) is 16.7 Å². The highest BCUT2D eigenvalue weighted by molar-refractivity contribution is 7.89. The molecule has 0 saturated carbocycles. The summed E-state index contributed by atoms with van der Waals surface area (Å²) in [6, 6.07) is 15.2. The molecule has 0 unspecified atom stereocenters. The molecule has 2 N–H and O–H groups in total. The van der Waals surface area contributed by atoms with Crippen molar-refractivity contribution in [3.63, 3.8) is 0 Å². The van der Waals surface area contributed by atoms with Crippen LogP contribution in [0.1, 0.15) is 31.4 Å². The fourth-order valence-electron chi connectivity index (χ4n) is 3.46. The van der Waals surface area contributed by atoms with E-state index in [0.717, 1.165) is 29.8 Å². The Labute approximate surface area is 232 Å². The SMILES string of the molecule is Cc1ccc(S(=O)(=O)N[C@@H](CC(C)C)C(=O)N/N=C\c2cccc(OS(=O)(=O)c3ccc([N+](=O)[O-])cc3)c2)cc1. The minimum absolute atomic E-state index is 0.00743. The smallest absolute Gasteiger partial charge is 0.339 e. The second-order valence-electron chi connectivity index (χ2n) is 9.21. The number of hydrogen-bond donors (Lipinski definition) is 2. The van der Waals surface area contributed by atoms with Crippen molar-refractivity contribution in [2.75, 3.05) is 0 Å². The Kier molecular flexibility index (Phi) is 9.74. The quantitative estimate of drug-likeness (QED) is 0.140. The highest BCUT2D eigenvalue weighted by Gasteiger charge is 2.26. The average Bonchev–Trinajstić information content (AvgIpc) is 2.88. The van der Waals surface area contributed by atoms with Crippen molar-refractivity contribution in [2.24, 2.45) is 11.0 Å². The van der Waals surface area contributed by atoms with E-state index in [-0.39, 0.29) is 33.6 Å². The molecular weight excluding hydrogens is 560 g/mol. The van der Waals surface area contributed by atoms with Crippen LogP contribution in [0.5, 0.6) is 5.75 Å². The van der Waals surface area contributed by atoms with Gasteiger partial charge < -0.3 is 4.18 Å². The van der Waals surface area contributed by atoms with Crippen molar-refractivity contribution >= 4 is 38.0 Å². The number of carbonyl (C=O) groups excluding carboxylic acids is 1. The van der Waals surface area contributed by atoms with Crippen LogP contribution in [0.25, 0.3) is 0 Å². The van der Waals surface area contributed by atoms with Gasteiger partial charge in [0.05, 0.1) is 16.0 Å². The monoisotopic (exact) mass is 588 g/mol. The predicted molar refractivity (Wildman–Crippen MR) is 148 cm³/mol. The van der Waals surface area contributed by atoms with Crippen LogP contribution >= 0.6 is 0 Å². The molecule has 40 heavy (non-hydrogen) atoms. The van der Waals surface area contributed by atoms with E-state index >= 15 is 0 Å². The molecule has 0 fully saturated rings. The Morgan fingerprint density at radius 3 is 2.23 bits per heavy atom. The van der Waals surface area contributed by atoms with Gasteiger partial charge >= 0.3 is 10.1 Å². The van der Waals surface area contributed by atoms with Gasteiger partial charge in [-0.15, -0.1) is 0 Å². The minimum atomic E-state index is -4.27. The van der Waals surface area contributed by atoms with E-state index in [9.17, 15) is 31.7 Å². The first-order valence-corrected chi connectivity index (χ1v) is 14.9. The van der Waals surface area contributed by atoms with Crippen LogP contribution in [0.2, 0.25) is 0 Å². The van der Waals surface area contributed by atoms with E-state index in [0.29, 0.717) is 5.56 Å². The number of non-ortho nitro benzene ring substituents is 1. The Morgan fingerprint density at radius 2 is 1.62 bits per heavy atom. The molecule has 3 aromatic carbocycles. The zero-order chi connectivity index (χ0) is 29.5. The minimum Gasteiger partial charge on any atom is -0.379 e. The Hall–Kier alpha value is -4.14. The highest BCUT2D eigenvalue weighted by Crippen LogP contribution is 2.21. The summed E-state index contributed by atoms with van der Waals surface area (Å²) in [7, 11) is -8.24. The van der Waals surface area contributed by atoms with Crippen LogP contribution in [0.15, 0.2) is 87.7 Å². The molecule has 0 bridgehead atoms. The normalized spacial score (nSPS) is 12.8. The number of aryl methyl sites for hydroxylation is 1. The number of hydrogen-bond acceptors (Lipinski definition) is 9. The number of nitrogens with one attached hydrogen (secondary N) is 2. The molecule has 0 aliphatic rings. The van der Waals surface area contributed by atoms with Crippen molar-refractivity contribution in [2.45, 2.75) is 43.0 Å². The number of nitro benzene ring substituents is 1. The number of carbonyl (C=O) groups is 1. The lowest BCUT2D eigenvalue weighted by Crippen LogP contribution is -2.46. The summed E-state index contributed by atoms with van der Waals surface area (Å²) in [5.74, 6) is -0.738. The van der Waals surface area contributed by atoms with Crippen LogP contribution in [-0.4, -0.2) is 39.9 Å². The zero-order valence-electron chi connectivity index (χ0n) is 21.8. The van der Waals surface area contributed by atoms with Crippen molar-refractivity contribution in [3.8, 4) is 5.75 Å². The van der Waals surface area contributed by atoms with Crippen LogP contribution in [0, 0.1) is 23.0 Å². The molecule has 1 atom stereocenters. The Bertz CT molecular complexity index is 1600. The maximum absolute atomic E-state index is 12.8. The molecule has 0 spiro atoms. The molecule has 0 saturated heterocycles. The molecule has 0 heterocycles. The molecule has 0 aliphatic carbocycles. The summed E-state index contributed by atoms with van der Waals surface area (Å²) in [5.41, 5.74) is 3.32. The van der Waals surface area contributed by atoms with Gasteiger partial charge in [0, 0.05) is 12.1 Å². The maximum Gasteiger partial charge on any atom is 0.339 e. The van der Waals surface area contributed by atoms with Crippen LogP contribution in [0.3, 0.4) is 0 Å². The third-order valence-electron chi connectivity index (χ3n) is 5.44. The molecule has 14 heteroatoms.